The Morgan fingerprint density at radius 1 is 1.06 bits per heavy atom. The average molecular weight is 525 g/mol. The topological polar surface area (TPSA) is 62.1 Å². The van der Waals surface area contributed by atoms with Crippen LogP contribution in [0.3, 0.4) is 0 Å². The highest BCUT2D eigenvalue weighted by Crippen LogP contribution is 2.30. The molecule has 0 aliphatic heterocycles. The average Bonchev–Trinajstić information content (AvgIpc) is 2.87. The van der Waals surface area contributed by atoms with Crippen molar-refractivity contribution in [3.05, 3.63) is 111 Å². The van der Waals surface area contributed by atoms with Gasteiger partial charge in [-0.1, -0.05) is 67.6 Å². The minimum Gasteiger partial charge on any atom is -0.488 e. The quantitative estimate of drug-likeness (QED) is 0.200. The Kier molecular flexibility index (Phi) is 7.64. The van der Waals surface area contributed by atoms with Crippen molar-refractivity contribution >= 4 is 44.4 Å². The molecule has 0 unspecified atom stereocenters. The number of anilines is 1. The molecule has 1 N–H and O–H groups in total. The summed E-state index contributed by atoms with van der Waals surface area (Å²) in [5.74, 6) is 0.255. The minimum absolute atomic E-state index is 0.0304. The van der Waals surface area contributed by atoms with E-state index in [2.05, 4.69) is 52.4 Å². The Morgan fingerprint density at radius 2 is 1.83 bits per heavy atom. The molecule has 0 aliphatic rings. The van der Waals surface area contributed by atoms with Crippen LogP contribution >= 0.6 is 15.9 Å². The van der Waals surface area contributed by atoms with Crippen LogP contribution in [0.2, 0.25) is 0 Å². The molecule has 0 saturated heterocycles. The van der Waals surface area contributed by atoms with Gasteiger partial charge in [-0.2, -0.15) is 5.26 Å². The lowest BCUT2D eigenvalue weighted by atomic mass is 10.0. The predicted octanol–water partition coefficient (Wildman–Crippen LogP) is 7.60. The maximum absolute atomic E-state index is 12.7. The molecule has 0 bridgehead atoms. The number of benzene rings is 4. The van der Waals surface area contributed by atoms with E-state index in [1.54, 1.807) is 6.08 Å². The Hall–Kier alpha value is -3.88. The van der Waals surface area contributed by atoms with E-state index in [4.69, 9.17) is 4.74 Å². The van der Waals surface area contributed by atoms with E-state index < -0.39 is 5.91 Å². The number of aryl methyl sites for hydroxylation is 2. The summed E-state index contributed by atoms with van der Waals surface area (Å²) in [4.78, 5) is 12.7. The molecule has 0 spiro atoms. The number of hydrogen-bond acceptors (Lipinski definition) is 3. The zero-order valence-electron chi connectivity index (χ0n) is 19.6. The number of para-hydroxylation sites is 1. The number of nitrogens with zero attached hydrogens (tertiary/aromatic N) is 1. The van der Waals surface area contributed by atoms with Crippen molar-refractivity contribution in [3.63, 3.8) is 0 Å². The summed E-state index contributed by atoms with van der Waals surface area (Å²) in [5, 5.41) is 14.8. The number of ether oxygens (including phenoxy) is 1. The number of rotatable bonds is 7. The van der Waals surface area contributed by atoms with E-state index in [1.807, 2.05) is 67.6 Å². The van der Waals surface area contributed by atoms with Crippen molar-refractivity contribution in [2.45, 2.75) is 26.9 Å². The van der Waals surface area contributed by atoms with Gasteiger partial charge in [0, 0.05) is 11.3 Å². The zero-order chi connectivity index (χ0) is 24.8. The second kappa shape index (κ2) is 11.0. The second-order valence-corrected chi connectivity index (χ2v) is 9.05. The molecule has 174 valence electrons. The smallest absolute Gasteiger partial charge is 0.266 e. The lowest BCUT2D eigenvalue weighted by molar-refractivity contribution is -0.112. The Balaban J connectivity index is 1.51. The summed E-state index contributed by atoms with van der Waals surface area (Å²) in [6.45, 7) is 4.54. The lowest BCUT2D eigenvalue weighted by Gasteiger charge is -2.13. The molecule has 5 heteroatoms. The van der Waals surface area contributed by atoms with E-state index >= 15 is 0 Å². The molecule has 0 heterocycles. The zero-order valence-corrected chi connectivity index (χ0v) is 21.2. The molecule has 35 heavy (non-hydrogen) atoms. The molecule has 0 radical (unpaired) electrons. The van der Waals surface area contributed by atoms with Crippen LogP contribution in [0.4, 0.5) is 5.69 Å². The first-order valence-corrected chi connectivity index (χ1v) is 12.2. The summed E-state index contributed by atoms with van der Waals surface area (Å²) in [6.07, 6.45) is 2.36. The van der Waals surface area contributed by atoms with Gasteiger partial charge in [0.05, 0.1) is 4.47 Å². The van der Waals surface area contributed by atoms with Crippen molar-refractivity contribution in [1.29, 1.82) is 5.26 Å². The number of nitrogens with one attached hydrogen (secondary N) is 1. The fraction of sp³-hybridized carbons (Fsp3) is 0.133. The molecule has 4 rings (SSSR count). The van der Waals surface area contributed by atoms with Gasteiger partial charge in [-0.25, -0.2) is 0 Å². The fourth-order valence-electron chi connectivity index (χ4n) is 3.97. The van der Waals surface area contributed by atoms with E-state index in [0.29, 0.717) is 12.4 Å². The van der Waals surface area contributed by atoms with Crippen LogP contribution in [0, 0.1) is 18.3 Å². The van der Waals surface area contributed by atoms with Gasteiger partial charge in [-0.3, -0.25) is 4.79 Å². The molecule has 0 atom stereocenters. The number of fused-ring (bicyclic) bond motifs is 1. The Morgan fingerprint density at radius 3 is 2.60 bits per heavy atom. The molecule has 0 saturated carbocycles. The number of nitriles is 1. The number of amides is 1. The van der Waals surface area contributed by atoms with Crippen LogP contribution in [-0.2, 0) is 17.8 Å². The van der Waals surface area contributed by atoms with Crippen molar-refractivity contribution in [2.75, 3.05) is 5.32 Å². The van der Waals surface area contributed by atoms with E-state index in [1.165, 1.54) is 16.3 Å². The van der Waals surface area contributed by atoms with Crippen molar-refractivity contribution in [3.8, 4) is 11.8 Å². The van der Waals surface area contributed by atoms with Gasteiger partial charge >= 0.3 is 0 Å². The number of carbonyl (C=O) groups excluding carboxylic acids is 1. The van der Waals surface area contributed by atoms with Gasteiger partial charge in [-0.05, 0) is 81.0 Å². The molecule has 0 aliphatic carbocycles. The molecule has 0 fully saturated rings. The summed E-state index contributed by atoms with van der Waals surface area (Å²) >= 11 is 3.57. The molecular formula is C30H25BrN2O2. The van der Waals surface area contributed by atoms with Crippen LogP contribution in [0.1, 0.15) is 29.2 Å². The Bertz CT molecular complexity index is 1470. The van der Waals surface area contributed by atoms with Crippen LogP contribution in [0.15, 0.2) is 88.9 Å². The summed E-state index contributed by atoms with van der Waals surface area (Å²) in [7, 11) is 0. The van der Waals surface area contributed by atoms with Gasteiger partial charge < -0.3 is 10.1 Å². The van der Waals surface area contributed by atoms with E-state index in [0.717, 1.165) is 33.3 Å². The number of halogens is 1. The number of hydrogen-bond donors (Lipinski definition) is 1. The molecule has 4 aromatic carbocycles. The normalized spacial score (nSPS) is 11.2. The predicted molar refractivity (Wildman–Crippen MR) is 145 cm³/mol. The highest BCUT2D eigenvalue weighted by Gasteiger charge is 2.13. The van der Waals surface area contributed by atoms with Crippen LogP contribution < -0.4 is 10.1 Å². The first kappa shape index (κ1) is 24.3. The molecular weight excluding hydrogens is 500 g/mol. The molecule has 4 aromatic rings. The molecule has 1 amide bonds. The number of carbonyl (C=O) groups is 1. The maximum atomic E-state index is 12.7. The molecule has 0 aromatic heterocycles. The molecule has 4 nitrogen and oxygen atoms in total. The summed E-state index contributed by atoms with van der Waals surface area (Å²) in [6, 6.07) is 27.6. The third-order valence-electron chi connectivity index (χ3n) is 5.93. The minimum atomic E-state index is -0.434. The maximum Gasteiger partial charge on any atom is 0.266 e. The van der Waals surface area contributed by atoms with Crippen molar-refractivity contribution < 1.29 is 9.53 Å². The SMILES string of the molecule is CCc1ccccc1NC(=O)/C(C#N)=C/c1ccc(OCc2c(C)ccc3ccccc23)c(Br)c1. The first-order valence-electron chi connectivity index (χ1n) is 11.4. The van der Waals surface area contributed by atoms with Crippen LogP contribution in [-0.4, -0.2) is 5.91 Å². The highest BCUT2D eigenvalue weighted by molar-refractivity contribution is 9.10. The first-order chi connectivity index (χ1) is 17.0. The lowest BCUT2D eigenvalue weighted by Crippen LogP contribution is -2.14. The monoisotopic (exact) mass is 524 g/mol. The summed E-state index contributed by atoms with van der Waals surface area (Å²) < 4.78 is 6.89. The van der Waals surface area contributed by atoms with E-state index in [9.17, 15) is 10.1 Å². The Labute approximate surface area is 214 Å². The third-order valence-corrected chi connectivity index (χ3v) is 6.55. The third kappa shape index (κ3) is 5.62. The largest absolute Gasteiger partial charge is 0.488 e. The van der Waals surface area contributed by atoms with Gasteiger partial charge in [0.15, 0.2) is 0 Å². The second-order valence-electron chi connectivity index (χ2n) is 8.20. The van der Waals surface area contributed by atoms with Gasteiger partial charge in [0.1, 0.15) is 24.0 Å². The van der Waals surface area contributed by atoms with Crippen LogP contribution in [0.25, 0.3) is 16.8 Å². The van der Waals surface area contributed by atoms with Crippen LogP contribution in [0.5, 0.6) is 5.75 Å². The summed E-state index contributed by atoms with van der Waals surface area (Å²) in [5.41, 5.74) is 4.81. The van der Waals surface area contributed by atoms with Crippen molar-refractivity contribution in [2.24, 2.45) is 0 Å². The fourth-order valence-corrected chi connectivity index (χ4v) is 4.48. The van der Waals surface area contributed by atoms with Crippen molar-refractivity contribution in [1.82, 2.24) is 0 Å². The highest BCUT2D eigenvalue weighted by atomic mass is 79.9. The van der Waals surface area contributed by atoms with Gasteiger partial charge in [-0.15, -0.1) is 0 Å². The van der Waals surface area contributed by atoms with Gasteiger partial charge in [0.2, 0.25) is 0 Å². The van der Waals surface area contributed by atoms with Gasteiger partial charge in [0.25, 0.3) is 5.91 Å². The standard InChI is InChI=1S/C30H25BrN2O2/c1-3-22-8-5-7-11-28(22)33-30(34)24(18-32)16-21-13-15-29(27(31)17-21)35-19-26-20(2)12-14-23-9-4-6-10-25(23)26/h4-17H,3,19H2,1-2H3,(H,33,34)/b24-16+. The van der Waals surface area contributed by atoms with E-state index in [-0.39, 0.29) is 5.57 Å².